The quantitative estimate of drug-likeness (QED) is 0.0914. The van der Waals surface area contributed by atoms with Crippen LogP contribution in [0.2, 0.25) is 5.02 Å². The lowest BCUT2D eigenvalue weighted by Gasteiger charge is -2.44. The Hall–Kier alpha value is -4.34. The Morgan fingerprint density at radius 2 is 1.53 bits per heavy atom. The third-order valence-electron chi connectivity index (χ3n) is 9.52. The standard InChI is InChI=1S/C42H47ClN2O6/c1-47-40-10-5-3-8-32(40)24-42(46)51-29-38-37(25-35-26-45(27-39(38)44-35)21-20-30-12-16-34(43)17-13-30)31-14-18-36(19-15-31)50-23-7-22-49-28-33-9-4-6-11-41(33)48-2/h3-6,8-19,35,39,44H,7,20-29H2,1-2H3/t35-,39-/m1/s1. The fraction of sp³-hybridized carbons (Fsp3) is 0.357. The molecular formula is C42H47ClN2O6. The number of carbonyl (C=O) groups is 1. The number of para-hydroxylation sites is 2. The molecule has 9 heteroatoms. The fourth-order valence-electron chi connectivity index (χ4n) is 6.89. The van der Waals surface area contributed by atoms with Crippen LogP contribution in [0.25, 0.3) is 5.57 Å². The van der Waals surface area contributed by atoms with Crippen molar-refractivity contribution >= 4 is 23.1 Å². The van der Waals surface area contributed by atoms with Crippen molar-refractivity contribution in [3.8, 4) is 17.2 Å². The summed E-state index contributed by atoms with van der Waals surface area (Å²) >= 11 is 6.11. The topological polar surface area (TPSA) is 78.5 Å². The molecule has 0 radical (unpaired) electrons. The summed E-state index contributed by atoms with van der Waals surface area (Å²) in [5.74, 6) is 2.06. The lowest BCUT2D eigenvalue weighted by molar-refractivity contribution is -0.142. The van der Waals surface area contributed by atoms with E-state index in [0.717, 1.165) is 77.7 Å². The molecule has 4 aromatic rings. The highest BCUT2D eigenvalue weighted by atomic mass is 35.5. The van der Waals surface area contributed by atoms with Gasteiger partial charge in [-0.05, 0) is 71.5 Å². The van der Waals surface area contributed by atoms with Gasteiger partial charge in [-0.2, -0.15) is 0 Å². The molecular weight excluding hydrogens is 664 g/mol. The van der Waals surface area contributed by atoms with Gasteiger partial charge in [0, 0.05) is 54.3 Å². The monoisotopic (exact) mass is 710 g/mol. The number of hydrogen-bond acceptors (Lipinski definition) is 8. The van der Waals surface area contributed by atoms with E-state index in [1.807, 2.05) is 72.8 Å². The molecule has 2 aliphatic heterocycles. The molecule has 6 rings (SSSR count). The third kappa shape index (κ3) is 10.1. The van der Waals surface area contributed by atoms with E-state index >= 15 is 0 Å². The van der Waals surface area contributed by atoms with Crippen LogP contribution in [-0.2, 0) is 33.7 Å². The summed E-state index contributed by atoms with van der Waals surface area (Å²) < 4.78 is 28.8. The zero-order valence-corrected chi connectivity index (χ0v) is 30.2. The molecule has 2 heterocycles. The van der Waals surface area contributed by atoms with Crippen LogP contribution >= 0.6 is 11.6 Å². The molecule has 0 saturated carbocycles. The largest absolute Gasteiger partial charge is 0.496 e. The van der Waals surface area contributed by atoms with Crippen LogP contribution in [0.1, 0.15) is 35.1 Å². The minimum absolute atomic E-state index is 0.0727. The molecule has 2 atom stereocenters. The Balaban J connectivity index is 1.09. The number of ether oxygens (including phenoxy) is 5. The highest BCUT2D eigenvalue weighted by molar-refractivity contribution is 6.30. The average molecular weight is 711 g/mol. The maximum Gasteiger partial charge on any atom is 0.310 e. The van der Waals surface area contributed by atoms with Crippen LogP contribution < -0.4 is 19.5 Å². The molecule has 0 spiro atoms. The minimum atomic E-state index is -0.278. The van der Waals surface area contributed by atoms with Gasteiger partial charge in [-0.1, -0.05) is 72.3 Å². The lowest BCUT2D eigenvalue weighted by atomic mass is 9.83. The Morgan fingerprint density at radius 1 is 0.824 bits per heavy atom. The first-order chi connectivity index (χ1) is 25.0. The molecule has 1 N–H and O–H groups in total. The number of esters is 1. The summed E-state index contributed by atoms with van der Waals surface area (Å²) in [6, 6.07) is 32.2. The van der Waals surface area contributed by atoms with Gasteiger partial charge in [-0.15, -0.1) is 0 Å². The molecule has 2 bridgehead atoms. The zero-order chi connectivity index (χ0) is 35.4. The number of nitrogens with zero attached hydrogens (tertiary/aromatic N) is 1. The molecule has 0 amide bonds. The maximum atomic E-state index is 13.1. The number of piperazine rings is 1. The van der Waals surface area contributed by atoms with Gasteiger partial charge in [0.1, 0.15) is 23.9 Å². The van der Waals surface area contributed by atoms with E-state index in [2.05, 4.69) is 34.5 Å². The van der Waals surface area contributed by atoms with Crippen molar-refractivity contribution in [3.63, 3.8) is 0 Å². The summed E-state index contributed by atoms with van der Waals surface area (Å²) in [6.45, 7) is 4.62. The van der Waals surface area contributed by atoms with Crippen LogP contribution in [0.4, 0.5) is 0 Å². The van der Waals surface area contributed by atoms with Crippen molar-refractivity contribution in [3.05, 3.63) is 130 Å². The van der Waals surface area contributed by atoms with Crippen LogP contribution in [0.3, 0.4) is 0 Å². The summed E-state index contributed by atoms with van der Waals surface area (Å²) in [7, 11) is 3.29. The van der Waals surface area contributed by atoms with E-state index < -0.39 is 0 Å². The van der Waals surface area contributed by atoms with Gasteiger partial charge in [0.2, 0.25) is 0 Å². The predicted octanol–water partition coefficient (Wildman–Crippen LogP) is 7.17. The zero-order valence-electron chi connectivity index (χ0n) is 29.4. The molecule has 1 fully saturated rings. The predicted molar refractivity (Wildman–Crippen MR) is 201 cm³/mol. The van der Waals surface area contributed by atoms with E-state index in [-0.39, 0.29) is 25.0 Å². The van der Waals surface area contributed by atoms with E-state index in [4.69, 9.17) is 35.3 Å². The van der Waals surface area contributed by atoms with Gasteiger partial charge in [0.15, 0.2) is 0 Å². The molecule has 4 aromatic carbocycles. The Labute approximate surface area is 306 Å². The van der Waals surface area contributed by atoms with Crippen molar-refractivity contribution in [2.24, 2.45) is 0 Å². The maximum absolute atomic E-state index is 13.1. The normalized spacial score (nSPS) is 17.2. The molecule has 2 aliphatic rings. The number of hydrogen-bond donors (Lipinski definition) is 1. The van der Waals surface area contributed by atoms with Gasteiger partial charge in [-0.3, -0.25) is 9.69 Å². The van der Waals surface area contributed by atoms with Gasteiger partial charge in [-0.25, -0.2) is 0 Å². The van der Waals surface area contributed by atoms with Crippen LogP contribution in [-0.4, -0.2) is 76.6 Å². The number of halogens is 1. The van der Waals surface area contributed by atoms with E-state index in [0.29, 0.717) is 31.6 Å². The fourth-order valence-corrected chi connectivity index (χ4v) is 7.02. The smallest absolute Gasteiger partial charge is 0.310 e. The number of benzene rings is 4. The molecule has 0 aliphatic carbocycles. The molecule has 0 aromatic heterocycles. The number of carbonyl (C=O) groups excluding carboxylic acids is 1. The first kappa shape index (κ1) is 36.5. The van der Waals surface area contributed by atoms with Gasteiger partial charge < -0.3 is 29.0 Å². The molecule has 268 valence electrons. The summed E-state index contributed by atoms with van der Waals surface area (Å²) in [6.07, 6.45) is 2.72. The SMILES string of the molecule is COc1ccccc1COCCCOc1ccc(C2=C(COC(=O)Cc3ccccc3OC)[C@H]3CN(CCc4ccc(Cl)cc4)C[C@@H](C2)N3)cc1. The van der Waals surface area contributed by atoms with Crippen LogP contribution in [0.15, 0.2) is 103 Å². The van der Waals surface area contributed by atoms with Crippen molar-refractivity contribution in [1.29, 1.82) is 0 Å². The molecule has 0 unspecified atom stereocenters. The average Bonchev–Trinajstić information content (AvgIpc) is 3.16. The third-order valence-corrected chi connectivity index (χ3v) is 9.77. The van der Waals surface area contributed by atoms with E-state index in [9.17, 15) is 4.79 Å². The van der Waals surface area contributed by atoms with Gasteiger partial charge >= 0.3 is 5.97 Å². The second-order valence-corrected chi connectivity index (χ2v) is 13.4. The number of rotatable bonds is 17. The summed E-state index contributed by atoms with van der Waals surface area (Å²) in [4.78, 5) is 15.6. The highest BCUT2D eigenvalue weighted by Crippen LogP contribution is 2.34. The van der Waals surface area contributed by atoms with Crippen molar-refractivity contribution in [1.82, 2.24) is 10.2 Å². The molecule has 1 saturated heterocycles. The lowest BCUT2D eigenvalue weighted by Crippen LogP contribution is -2.60. The first-order valence-electron chi connectivity index (χ1n) is 17.6. The van der Waals surface area contributed by atoms with Crippen molar-refractivity contribution in [2.45, 2.75) is 44.4 Å². The first-order valence-corrected chi connectivity index (χ1v) is 18.0. The second-order valence-electron chi connectivity index (χ2n) is 13.0. The molecule has 8 nitrogen and oxygen atoms in total. The number of methoxy groups -OCH3 is 2. The van der Waals surface area contributed by atoms with E-state index in [1.54, 1.807) is 14.2 Å². The Morgan fingerprint density at radius 3 is 2.27 bits per heavy atom. The van der Waals surface area contributed by atoms with Crippen LogP contribution in [0, 0.1) is 0 Å². The Kier molecular flexibility index (Phi) is 13.0. The summed E-state index contributed by atoms with van der Waals surface area (Å²) in [5, 5.41) is 4.58. The Bertz CT molecular complexity index is 1760. The van der Waals surface area contributed by atoms with Crippen molar-refractivity contribution < 1.29 is 28.5 Å². The second kappa shape index (κ2) is 18.2. The minimum Gasteiger partial charge on any atom is -0.496 e. The van der Waals surface area contributed by atoms with E-state index in [1.165, 1.54) is 11.1 Å². The number of nitrogens with one attached hydrogen (secondary N) is 1. The van der Waals surface area contributed by atoms with Gasteiger partial charge in [0.05, 0.1) is 40.5 Å². The summed E-state index contributed by atoms with van der Waals surface area (Å²) in [5.41, 5.74) is 6.60. The molecule has 51 heavy (non-hydrogen) atoms. The van der Waals surface area contributed by atoms with Gasteiger partial charge in [0.25, 0.3) is 0 Å². The number of fused-ring (bicyclic) bond motifs is 2. The van der Waals surface area contributed by atoms with Crippen LogP contribution in [0.5, 0.6) is 17.2 Å². The highest BCUT2D eigenvalue weighted by Gasteiger charge is 2.36. The van der Waals surface area contributed by atoms with Crippen molar-refractivity contribution in [2.75, 3.05) is 53.7 Å².